The highest BCUT2D eigenvalue weighted by Gasteiger charge is 2.22. The van der Waals surface area contributed by atoms with Gasteiger partial charge in [-0.3, -0.25) is 4.79 Å². The maximum absolute atomic E-state index is 13.5. The molecule has 3 heterocycles. The number of halogens is 1. The SMILES string of the molecule is O=C1/C(=C/c2cnc(N3CCCC3)nc2)CCOc2ccc(F)cc21. The Morgan fingerprint density at radius 2 is 1.92 bits per heavy atom. The number of rotatable bonds is 2. The van der Waals surface area contributed by atoms with E-state index in [0.717, 1.165) is 24.6 Å². The Kier molecular flexibility index (Phi) is 4.17. The predicted octanol–water partition coefficient (Wildman–Crippen LogP) is 3.26. The average Bonchev–Trinajstić information content (AvgIpc) is 3.12. The van der Waals surface area contributed by atoms with Gasteiger partial charge < -0.3 is 9.64 Å². The Bertz CT molecular complexity index is 827. The van der Waals surface area contributed by atoms with Gasteiger partial charge >= 0.3 is 0 Å². The summed E-state index contributed by atoms with van der Waals surface area (Å²) in [6.07, 6.45) is 8.00. The van der Waals surface area contributed by atoms with E-state index in [4.69, 9.17) is 4.74 Å². The number of anilines is 1. The van der Waals surface area contributed by atoms with Crippen LogP contribution in [0.3, 0.4) is 0 Å². The summed E-state index contributed by atoms with van der Waals surface area (Å²) in [5.41, 5.74) is 1.59. The van der Waals surface area contributed by atoms with Crippen LogP contribution in [0.5, 0.6) is 5.75 Å². The molecule has 2 aromatic rings. The van der Waals surface area contributed by atoms with E-state index in [1.807, 2.05) is 0 Å². The first kappa shape index (κ1) is 15.7. The Morgan fingerprint density at radius 3 is 2.68 bits per heavy atom. The average molecular weight is 339 g/mol. The van der Waals surface area contributed by atoms with Crippen LogP contribution >= 0.6 is 0 Å². The number of carbonyl (C=O) groups excluding carboxylic acids is 1. The number of aromatic nitrogens is 2. The van der Waals surface area contributed by atoms with Gasteiger partial charge in [0.25, 0.3) is 0 Å². The van der Waals surface area contributed by atoms with Gasteiger partial charge in [0.15, 0.2) is 5.78 Å². The molecule has 0 radical (unpaired) electrons. The molecule has 5 nitrogen and oxygen atoms in total. The zero-order chi connectivity index (χ0) is 17.2. The van der Waals surface area contributed by atoms with E-state index in [1.165, 1.54) is 31.0 Å². The summed E-state index contributed by atoms with van der Waals surface area (Å²) >= 11 is 0. The smallest absolute Gasteiger partial charge is 0.225 e. The van der Waals surface area contributed by atoms with Gasteiger partial charge in [0.1, 0.15) is 11.6 Å². The molecule has 1 fully saturated rings. The molecular weight excluding hydrogens is 321 g/mol. The number of nitrogens with zero attached hydrogens (tertiary/aromatic N) is 3. The van der Waals surface area contributed by atoms with Crippen LogP contribution in [0.25, 0.3) is 6.08 Å². The Balaban J connectivity index is 1.61. The van der Waals surface area contributed by atoms with Crippen molar-refractivity contribution in [2.45, 2.75) is 19.3 Å². The predicted molar refractivity (Wildman–Crippen MR) is 92.3 cm³/mol. The van der Waals surface area contributed by atoms with Gasteiger partial charge in [0, 0.05) is 43.0 Å². The Labute approximate surface area is 145 Å². The summed E-state index contributed by atoms with van der Waals surface area (Å²) in [5, 5.41) is 0. The topological polar surface area (TPSA) is 55.3 Å². The van der Waals surface area contributed by atoms with E-state index in [9.17, 15) is 9.18 Å². The first-order chi connectivity index (χ1) is 12.2. The first-order valence-corrected chi connectivity index (χ1v) is 8.45. The highest BCUT2D eigenvalue weighted by molar-refractivity contribution is 6.13. The van der Waals surface area contributed by atoms with Gasteiger partial charge in [-0.1, -0.05) is 0 Å². The van der Waals surface area contributed by atoms with Gasteiger partial charge in [-0.2, -0.15) is 0 Å². The third-order valence-corrected chi connectivity index (χ3v) is 4.49. The Morgan fingerprint density at radius 1 is 1.16 bits per heavy atom. The van der Waals surface area contributed by atoms with Crippen LogP contribution in [0, 0.1) is 5.82 Å². The summed E-state index contributed by atoms with van der Waals surface area (Å²) in [6.45, 7) is 2.35. The fourth-order valence-electron chi connectivity index (χ4n) is 3.19. The summed E-state index contributed by atoms with van der Waals surface area (Å²) in [5.74, 6) is 0.490. The van der Waals surface area contributed by atoms with E-state index in [0.29, 0.717) is 24.4 Å². The van der Waals surface area contributed by atoms with Crippen LogP contribution < -0.4 is 9.64 Å². The quantitative estimate of drug-likeness (QED) is 0.786. The van der Waals surface area contributed by atoms with E-state index >= 15 is 0 Å². The van der Waals surface area contributed by atoms with Gasteiger partial charge in [-0.25, -0.2) is 14.4 Å². The fraction of sp³-hybridized carbons (Fsp3) is 0.316. The number of ether oxygens (including phenoxy) is 1. The van der Waals surface area contributed by atoms with Crippen molar-refractivity contribution in [1.29, 1.82) is 0 Å². The van der Waals surface area contributed by atoms with Crippen molar-refractivity contribution < 1.29 is 13.9 Å². The molecule has 0 atom stereocenters. The fourth-order valence-corrected chi connectivity index (χ4v) is 3.19. The molecule has 128 valence electrons. The molecule has 1 aromatic carbocycles. The van der Waals surface area contributed by atoms with Crippen molar-refractivity contribution in [3.8, 4) is 5.75 Å². The maximum atomic E-state index is 13.5. The summed E-state index contributed by atoms with van der Waals surface area (Å²) in [4.78, 5) is 23.7. The van der Waals surface area contributed by atoms with Crippen LogP contribution in [0.4, 0.5) is 10.3 Å². The monoisotopic (exact) mass is 339 g/mol. The molecule has 25 heavy (non-hydrogen) atoms. The normalized spacial score (nSPS) is 18.8. The lowest BCUT2D eigenvalue weighted by Crippen LogP contribution is -2.20. The van der Waals surface area contributed by atoms with Crippen molar-refractivity contribution in [3.05, 3.63) is 53.1 Å². The van der Waals surface area contributed by atoms with Gasteiger partial charge in [0.05, 0.1) is 12.2 Å². The largest absolute Gasteiger partial charge is 0.492 e. The molecular formula is C19H18FN3O2. The summed E-state index contributed by atoms with van der Waals surface area (Å²) in [6, 6.07) is 4.02. The number of fused-ring (bicyclic) bond motifs is 1. The molecule has 2 aliphatic rings. The number of Topliss-reactive ketones (excluding diaryl/α,β-unsaturated/α-hetero) is 1. The third-order valence-electron chi connectivity index (χ3n) is 4.49. The molecule has 0 N–H and O–H groups in total. The molecule has 2 aliphatic heterocycles. The minimum atomic E-state index is -0.449. The zero-order valence-electron chi connectivity index (χ0n) is 13.7. The van der Waals surface area contributed by atoms with E-state index in [-0.39, 0.29) is 11.3 Å². The van der Waals surface area contributed by atoms with Crippen LogP contribution in [-0.2, 0) is 0 Å². The highest BCUT2D eigenvalue weighted by Crippen LogP contribution is 2.28. The number of hydrogen-bond acceptors (Lipinski definition) is 5. The van der Waals surface area contributed by atoms with E-state index < -0.39 is 5.82 Å². The maximum Gasteiger partial charge on any atom is 0.225 e. The van der Waals surface area contributed by atoms with Crippen molar-refractivity contribution in [2.75, 3.05) is 24.6 Å². The molecule has 0 saturated carbocycles. The molecule has 0 bridgehead atoms. The molecule has 6 heteroatoms. The molecule has 0 amide bonds. The molecule has 0 spiro atoms. The van der Waals surface area contributed by atoms with Crippen LogP contribution in [0.15, 0.2) is 36.2 Å². The van der Waals surface area contributed by atoms with Crippen LogP contribution in [0.1, 0.15) is 35.2 Å². The van der Waals surface area contributed by atoms with Gasteiger partial charge in [-0.15, -0.1) is 0 Å². The number of benzene rings is 1. The molecule has 1 aromatic heterocycles. The minimum Gasteiger partial charge on any atom is -0.492 e. The van der Waals surface area contributed by atoms with Crippen molar-refractivity contribution in [2.24, 2.45) is 0 Å². The Hall–Kier alpha value is -2.76. The number of hydrogen-bond donors (Lipinski definition) is 0. The second kappa shape index (κ2) is 6.63. The molecule has 0 unspecified atom stereocenters. The summed E-state index contributed by atoms with van der Waals surface area (Å²) < 4.78 is 19.1. The molecule has 0 aliphatic carbocycles. The van der Waals surface area contributed by atoms with E-state index in [1.54, 1.807) is 18.5 Å². The minimum absolute atomic E-state index is 0.212. The van der Waals surface area contributed by atoms with E-state index in [2.05, 4.69) is 14.9 Å². The van der Waals surface area contributed by atoms with Crippen molar-refractivity contribution >= 4 is 17.8 Å². The lowest BCUT2D eigenvalue weighted by atomic mass is 9.99. The lowest BCUT2D eigenvalue weighted by molar-refractivity contribution is 0.103. The molecule has 1 saturated heterocycles. The molecule has 4 rings (SSSR count). The lowest BCUT2D eigenvalue weighted by Gasteiger charge is -2.14. The van der Waals surface area contributed by atoms with Gasteiger partial charge in [0.2, 0.25) is 5.95 Å². The summed E-state index contributed by atoms with van der Waals surface area (Å²) in [7, 11) is 0. The third kappa shape index (κ3) is 3.24. The second-order valence-electron chi connectivity index (χ2n) is 6.25. The van der Waals surface area contributed by atoms with Crippen LogP contribution in [0.2, 0.25) is 0 Å². The zero-order valence-corrected chi connectivity index (χ0v) is 13.7. The number of carbonyl (C=O) groups is 1. The highest BCUT2D eigenvalue weighted by atomic mass is 19.1. The standard InChI is InChI=1S/C19H18FN3O2/c20-15-3-4-17-16(10-15)18(24)14(5-8-25-17)9-13-11-21-19(22-12-13)23-6-1-2-7-23/h3-4,9-12H,1-2,5-8H2/b14-9+. The van der Waals surface area contributed by atoms with Crippen LogP contribution in [-0.4, -0.2) is 35.4 Å². The first-order valence-electron chi connectivity index (χ1n) is 8.45. The second-order valence-corrected chi connectivity index (χ2v) is 6.25. The number of ketones is 1. The van der Waals surface area contributed by atoms with Crippen molar-refractivity contribution in [3.63, 3.8) is 0 Å². The van der Waals surface area contributed by atoms with Gasteiger partial charge in [-0.05, 0) is 37.1 Å². The van der Waals surface area contributed by atoms with Crippen molar-refractivity contribution in [1.82, 2.24) is 9.97 Å².